The first-order valence-corrected chi connectivity index (χ1v) is 8.03. The first-order valence-electron chi connectivity index (χ1n) is 8.03. The van der Waals surface area contributed by atoms with Crippen LogP contribution in [0.15, 0.2) is 24.3 Å². The Bertz CT molecular complexity index is 543. The molecule has 1 fully saturated rings. The van der Waals surface area contributed by atoms with E-state index >= 15 is 0 Å². The number of carbonyl (C=O) groups excluding carboxylic acids is 2. The number of hydrogen-bond donors (Lipinski definition) is 0. The van der Waals surface area contributed by atoms with Gasteiger partial charge in [-0.2, -0.15) is 0 Å². The first kappa shape index (κ1) is 17.3. The third kappa shape index (κ3) is 4.69. The molecule has 0 unspecified atom stereocenters. The smallest absolute Gasteiger partial charge is 0.253 e. The van der Waals surface area contributed by atoms with E-state index in [0.717, 1.165) is 0 Å². The second-order valence-corrected chi connectivity index (χ2v) is 5.29. The molecule has 0 bridgehead atoms. The maximum Gasteiger partial charge on any atom is 0.253 e. The Morgan fingerprint density at radius 1 is 1.35 bits per heavy atom. The van der Waals surface area contributed by atoms with E-state index in [2.05, 4.69) is 0 Å². The third-order valence-corrected chi connectivity index (χ3v) is 3.85. The van der Waals surface area contributed by atoms with Gasteiger partial charge >= 0.3 is 0 Å². The summed E-state index contributed by atoms with van der Waals surface area (Å²) in [5.41, 5.74) is 0.619. The van der Waals surface area contributed by atoms with Gasteiger partial charge in [0.05, 0.1) is 13.2 Å². The van der Waals surface area contributed by atoms with Crippen molar-refractivity contribution >= 4 is 11.8 Å². The summed E-state index contributed by atoms with van der Waals surface area (Å²) in [6.07, 6.45) is 0. The number of hydrogen-bond acceptors (Lipinski definition) is 4. The van der Waals surface area contributed by atoms with E-state index in [9.17, 15) is 9.59 Å². The van der Waals surface area contributed by atoms with Crippen molar-refractivity contribution < 1.29 is 19.1 Å². The van der Waals surface area contributed by atoms with Crippen molar-refractivity contribution in [3.63, 3.8) is 0 Å². The molecule has 6 heteroatoms. The summed E-state index contributed by atoms with van der Waals surface area (Å²) >= 11 is 0. The Balaban J connectivity index is 1.89. The lowest BCUT2D eigenvalue weighted by Crippen LogP contribution is -2.43. The van der Waals surface area contributed by atoms with E-state index in [1.165, 1.54) is 0 Å². The van der Waals surface area contributed by atoms with Gasteiger partial charge in [0.2, 0.25) is 5.91 Å². The van der Waals surface area contributed by atoms with Gasteiger partial charge in [-0.3, -0.25) is 9.59 Å². The van der Waals surface area contributed by atoms with Crippen LogP contribution in [0.3, 0.4) is 0 Å². The lowest BCUT2D eigenvalue weighted by Gasteiger charge is -2.26. The molecule has 2 amide bonds. The molecule has 0 radical (unpaired) electrons. The van der Waals surface area contributed by atoms with Crippen LogP contribution in [-0.2, 0) is 9.53 Å². The van der Waals surface area contributed by atoms with E-state index in [1.54, 1.807) is 21.9 Å². The molecule has 1 saturated heterocycles. The summed E-state index contributed by atoms with van der Waals surface area (Å²) < 4.78 is 10.8. The van der Waals surface area contributed by atoms with Crippen LogP contribution in [0.1, 0.15) is 24.2 Å². The molecule has 1 aromatic rings. The Hall–Kier alpha value is -2.08. The topological polar surface area (TPSA) is 59.1 Å². The predicted molar refractivity (Wildman–Crippen MR) is 86.6 cm³/mol. The quantitative estimate of drug-likeness (QED) is 0.762. The number of rotatable bonds is 7. The molecule has 2 rings (SSSR count). The fourth-order valence-electron chi connectivity index (χ4n) is 2.47. The van der Waals surface area contributed by atoms with E-state index in [-0.39, 0.29) is 18.4 Å². The van der Waals surface area contributed by atoms with Crippen LogP contribution >= 0.6 is 0 Å². The van der Waals surface area contributed by atoms with E-state index < -0.39 is 0 Å². The highest BCUT2D eigenvalue weighted by Gasteiger charge is 2.18. The third-order valence-electron chi connectivity index (χ3n) is 3.85. The average Bonchev–Trinajstić information content (AvgIpc) is 2.58. The predicted octanol–water partition coefficient (Wildman–Crippen LogP) is 1.41. The Labute approximate surface area is 137 Å². The molecular weight excluding hydrogens is 296 g/mol. The maximum absolute atomic E-state index is 12.3. The molecule has 23 heavy (non-hydrogen) atoms. The number of ether oxygens (including phenoxy) is 2. The van der Waals surface area contributed by atoms with Crippen LogP contribution in [-0.4, -0.2) is 67.6 Å². The van der Waals surface area contributed by atoms with Crippen molar-refractivity contribution in [1.29, 1.82) is 0 Å². The Kier molecular flexibility index (Phi) is 6.40. The van der Waals surface area contributed by atoms with Crippen molar-refractivity contribution in [3.8, 4) is 5.75 Å². The Morgan fingerprint density at radius 2 is 2.13 bits per heavy atom. The number of amides is 2. The highest BCUT2D eigenvalue weighted by Crippen LogP contribution is 2.15. The van der Waals surface area contributed by atoms with Crippen LogP contribution in [0.5, 0.6) is 5.75 Å². The summed E-state index contributed by atoms with van der Waals surface area (Å²) in [6, 6.07) is 7.17. The summed E-state index contributed by atoms with van der Waals surface area (Å²) in [4.78, 5) is 27.4. The standard InChI is InChI=1S/C17H24N2O4/c1-3-18(4-2)17(21)14-6-5-7-15(12-14)23-11-9-19-8-10-22-13-16(19)20/h5-7,12H,3-4,8-11,13H2,1-2H3. The molecule has 6 nitrogen and oxygen atoms in total. The summed E-state index contributed by atoms with van der Waals surface area (Å²) in [5, 5.41) is 0. The Morgan fingerprint density at radius 3 is 2.83 bits per heavy atom. The number of benzene rings is 1. The lowest BCUT2D eigenvalue weighted by atomic mass is 10.2. The monoisotopic (exact) mass is 320 g/mol. The molecule has 0 aliphatic carbocycles. The van der Waals surface area contributed by atoms with E-state index in [1.807, 2.05) is 26.0 Å². The van der Waals surface area contributed by atoms with E-state index in [4.69, 9.17) is 9.47 Å². The van der Waals surface area contributed by atoms with E-state index in [0.29, 0.717) is 50.7 Å². The lowest BCUT2D eigenvalue weighted by molar-refractivity contribution is -0.143. The molecule has 1 heterocycles. The van der Waals surface area contributed by atoms with Crippen LogP contribution in [0.25, 0.3) is 0 Å². The minimum absolute atomic E-state index is 0.00353. The normalized spacial score (nSPS) is 14.7. The molecule has 0 spiro atoms. The maximum atomic E-state index is 12.3. The molecule has 126 valence electrons. The molecule has 1 aromatic carbocycles. The van der Waals surface area contributed by atoms with Crippen molar-refractivity contribution in [2.75, 3.05) is 46.0 Å². The van der Waals surface area contributed by atoms with Crippen LogP contribution in [0.2, 0.25) is 0 Å². The van der Waals surface area contributed by atoms with Gasteiger partial charge < -0.3 is 19.3 Å². The fraction of sp³-hybridized carbons (Fsp3) is 0.529. The second kappa shape index (κ2) is 8.53. The van der Waals surface area contributed by atoms with Gasteiger partial charge in [0.25, 0.3) is 5.91 Å². The minimum atomic E-state index is -0.00897. The molecular formula is C17H24N2O4. The minimum Gasteiger partial charge on any atom is -0.492 e. The zero-order valence-corrected chi connectivity index (χ0v) is 13.8. The average molecular weight is 320 g/mol. The van der Waals surface area contributed by atoms with Gasteiger partial charge in [0.15, 0.2) is 0 Å². The van der Waals surface area contributed by atoms with Crippen molar-refractivity contribution in [2.24, 2.45) is 0 Å². The van der Waals surface area contributed by atoms with Gasteiger partial charge in [-0.05, 0) is 32.0 Å². The van der Waals surface area contributed by atoms with Gasteiger partial charge in [0, 0.05) is 25.2 Å². The molecule has 1 aliphatic rings. The van der Waals surface area contributed by atoms with Crippen molar-refractivity contribution in [2.45, 2.75) is 13.8 Å². The fourth-order valence-corrected chi connectivity index (χ4v) is 2.47. The number of carbonyl (C=O) groups is 2. The van der Waals surface area contributed by atoms with Gasteiger partial charge in [0.1, 0.15) is 19.0 Å². The summed E-state index contributed by atoms with van der Waals surface area (Å²) in [6.45, 7) is 7.52. The molecule has 0 atom stereocenters. The summed E-state index contributed by atoms with van der Waals surface area (Å²) in [5.74, 6) is 0.637. The van der Waals surface area contributed by atoms with Crippen LogP contribution < -0.4 is 4.74 Å². The zero-order chi connectivity index (χ0) is 16.7. The largest absolute Gasteiger partial charge is 0.492 e. The molecule has 0 N–H and O–H groups in total. The second-order valence-electron chi connectivity index (χ2n) is 5.29. The van der Waals surface area contributed by atoms with Crippen molar-refractivity contribution in [1.82, 2.24) is 9.80 Å². The first-order chi connectivity index (χ1) is 11.2. The molecule has 1 aliphatic heterocycles. The van der Waals surface area contributed by atoms with Crippen LogP contribution in [0, 0.1) is 0 Å². The SMILES string of the molecule is CCN(CC)C(=O)c1cccc(OCCN2CCOCC2=O)c1. The van der Waals surface area contributed by atoms with Gasteiger partial charge in [-0.1, -0.05) is 6.07 Å². The zero-order valence-electron chi connectivity index (χ0n) is 13.8. The molecule has 0 aromatic heterocycles. The van der Waals surface area contributed by atoms with Crippen LogP contribution in [0.4, 0.5) is 0 Å². The van der Waals surface area contributed by atoms with Gasteiger partial charge in [-0.15, -0.1) is 0 Å². The van der Waals surface area contributed by atoms with Crippen molar-refractivity contribution in [3.05, 3.63) is 29.8 Å². The summed E-state index contributed by atoms with van der Waals surface area (Å²) in [7, 11) is 0. The number of nitrogens with zero attached hydrogens (tertiary/aromatic N) is 2. The molecule has 0 saturated carbocycles. The van der Waals surface area contributed by atoms with Gasteiger partial charge in [-0.25, -0.2) is 0 Å². The highest BCUT2D eigenvalue weighted by atomic mass is 16.5. The highest BCUT2D eigenvalue weighted by molar-refractivity contribution is 5.94. The number of morpholine rings is 1.